The molecule has 514 valence electrons. The molecule has 5 aromatic rings. The highest BCUT2D eigenvalue weighted by Gasteiger charge is 2.76. The van der Waals surface area contributed by atoms with Crippen LogP contribution in [-0.2, 0) is 44.7 Å². The highest BCUT2D eigenvalue weighted by Crippen LogP contribution is 2.75. The van der Waals surface area contributed by atoms with Crippen molar-refractivity contribution in [3.05, 3.63) is 76.6 Å². The molecule has 0 saturated heterocycles. The number of aryl methyl sites for hydroxylation is 2. The number of primary amides is 1. The van der Waals surface area contributed by atoms with E-state index < -0.39 is 72.2 Å². The third kappa shape index (κ3) is 15.2. The molecule has 31 heteroatoms. The predicted octanol–water partition coefficient (Wildman–Crippen LogP) is 6.33. The molecule has 3 aliphatic carbocycles. The molecule has 0 radical (unpaired) electrons. The van der Waals surface area contributed by atoms with Crippen molar-refractivity contribution in [3.63, 3.8) is 0 Å². The molecule has 5 atom stereocenters. The summed E-state index contributed by atoms with van der Waals surface area (Å²) < 4.78 is 28.9. The van der Waals surface area contributed by atoms with Gasteiger partial charge in [-0.1, -0.05) is 26.0 Å². The number of hydrogen-bond acceptors (Lipinski definition) is 15. The van der Waals surface area contributed by atoms with E-state index in [9.17, 15) is 57.5 Å². The Morgan fingerprint density at radius 2 is 1.37 bits per heavy atom. The van der Waals surface area contributed by atoms with Gasteiger partial charge in [0.25, 0.3) is 0 Å². The molecule has 2 bridgehead atoms. The molecule has 95 heavy (non-hydrogen) atoms. The standard InChI is InChI=1S/C64H84Cl2N13O15P/c1-35(2)52(72-33-64(34-80,75-38(5)81)16-8-9-17-67)56(83)74-43(11-10-18-69-59(68)86)55(82)73-42-14-12-39(13-15-42)29-92-60(87)76(6)19-20-77(7)61(88)93-46-21-44-50(48-36(3)25-70-53(46)48)40(23-65)27-78(44)57(84)62-30-63(31-62,32-62)58(85)79-28-41(24-66)51-45(79)22-47(94-95(89,90)91)54-49(51)37(4)26-71-54/h12-15,21-22,25-26,34-35,40-41,43,52,70-72H,8-11,16-20,23-24,27-33,67H2,1-7H3,(H,73,82)(H,74,83)(H,75,81)(H3,68,69,86)(H2,89,90,91)/t40-,41-,43+,52+,62?,63?,64-/m1/s1. The zero-order chi connectivity index (χ0) is 69.1. The smallest absolute Gasteiger partial charge is 0.445 e. The van der Waals surface area contributed by atoms with Gasteiger partial charge >= 0.3 is 26.0 Å². The summed E-state index contributed by atoms with van der Waals surface area (Å²) in [6.45, 7) is 9.50. The molecule has 28 nitrogen and oxygen atoms in total. The van der Waals surface area contributed by atoms with Gasteiger partial charge in [0, 0.05) is 125 Å². The number of H-pyrrole nitrogens is 2. The molecule has 13 N–H and O–H groups in total. The average Bonchev–Trinajstić information content (AvgIpc) is 1.48. The van der Waals surface area contributed by atoms with Crippen LogP contribution in [-0.4, -0.2) is 173 Å². The van der Waals surface area contributed by atoms with E-state index in [1.54, 1.807) is 66.4 Å². The number of aromatic nitrogens is 2. The van der Waals surface area contributed by atoms with Crippen molar-refractivity contribution in [1.82, 2.24) is 41.0 Å². The number of hydrogen-bond donors (Lipinski definition) is 11. The van der Waals surface area contributed by atoms with Gasteiger partial charge in [-0.25, -0.2) is 18.9 Å². The third-order valence-electron chi connectivity index (χ3n) is 18.6. The second-order valence-electron chi connectivity index (χ2n) is 26.0. The van der Waals surface area contributed by atoms with E-state index in [-0.39, 0.29) is 137 Å². The number of urea groups is 1. The zero-order valence-electron chi connectivity index (χ0n) is 54.2. The van der Waals surface area contributed by atoms with E-state index in [1.807, 2.05) is 13.8 Å². The summed E-state index contributed by atoms with van der Waals surface area (Å²) in [5.74, 6) is -2.35. The SMILES string of the molecule is CC(=O)N[C@](C=O)(CCCCN)CN[C@H](C(=O)N[C@@H](CCCNC(N)=O)C(=O)Nc1ccc(COC(=O)N(C)CCN(C)C(=O)Oc2cc3c(c4c(C)c[nH]c24)[C@H](CCl)CN3C(=O)C23CC(C(=O)N4C[C@@H](CCl)c5c4cc(OP(=O)(O)O)c4[nH]cc(C)c54)(C2)C3)cc1)C(C)C. The Bertz CT molecular complexity index is 3820. The van der Waals surface area contributed by atoms with Gasteiger partial charge in [-0.2, -0.15) is 0 Å². The van der Waals surface area contributed by atoms with Crippen LogP contribution < -0.4 is 57.1 Å². The number of unbranched alkanes of at least 4 members (excludes halogenated alkanes) is 1. The number of anilines is 3. The summed E-state index contributed by atoms with van der Waals surface area (Å²) in [5.41, 5.74) is 14.0. The number of nitrogens with two attached hydrogens (primary N) is 2. The van der Waals surface area contributed by atoms with Crippen molar-refractivity contribution in [3.8, 4) is 11.5 Å². The van der Waals surface area contributed by atoms with E-state index >= 15 is 0 Å². The van der Waals surface area contributed by atoms with Crippen molar-refractivity contribution in [2.24, 2.45) is 28.2 Å². The Morgan fingerprint density at radius 3 is 1.87 bits per heavy atom. The monoisotopic (exact) mass is 1380 g/mol. The maximum Gasteiger partial charge on any atom is 0.524 e. The van der Waals surface area contributed by atoms with Crippen LogP contribution in [0.2, 0.25) is 0 Å². The normalized spacial score (nSPS) is 19.7. The van der Waals surface area contributed by atoms with E-state index in [0.717, 1.165) is 27.6 Å². The van der Waals surface area contributed by atoms with Gasteiger partial charge in [-0.05, 0) is 118 Å². The van der Waals surface area contributed by atoms with Crippen LogP contribution in [0.1, 0.15) is 112 Å². The summed E-state index contributed by atoms with van der Waals surface area (Å²) in [4.78, 5) is 152. The van der Waals surface area contributed by atoms with Crippen LogP contribution in [0, 0.1) is 30.6 Å². The van der Waals surface area contributed by atoms with E-state index in [0.29, 0.717) is 64.7 Å². The lowest BCUT2D eigenvalue weighted by Crippen LogP contribution is -2.73. The van der Waals surface area contributed by atoms with Crippen molar-refractivity contribution >= 4 is 124 Å². The van der Waals surface area contributed by atoms with E-state index in [2.05, 4.69) is 36.6 Å². The number of carbonyl (C=O) groups is 9. The lowest BCUT2D eigenvalue weighted by molar-refractivity contribution is -0.205. The fourth-order valence-electron chi connectivity index (χ4n) is 13.8. The Labute approximate surface area is 559 Å². The number of carbonyl (C=O) groups excluding carboxylic acids is 9. The molecule has 2 aromatic heterocycles. The van der Waals surface area contributed by atoms with Crippen molar-refractivity contribution < 1.29 is 71.5 Å². The summed E-state index contributed by atoms with van der Waals surface area (Å²) >= 11 is 13.2. The van der Waals surface area contributed by atoms with Gasteiger partial charge < -0.3 is 86.4 Å². The number of amides is 9. The lowest BCUT2D eigenvalue weighted by atomic mass is 9.34. The fourth-order valence-corrected chi connectivity index (χ4v) is 14.7. The number of phosphoric ester groups is 1. The number of fused-ring (bicyclic) bond motifs is 6. The molecule has 9 amide bonds. The molecule has 0 spiro atoms. The van der Waals surface area contributed by atoms with Gasteiger partial charge in [0.05, 0.1) is 39.3 Å². The largest absolute Gasteiger partial charge is 0.524 e. The van der Waals surface area contributed by atoms with E-state index in [1.165, 1.54) is 36.9 Å². The first-order valence-corrected chi connectivity index (χ1v) is 34.1. The van der Waals surface area contributed by atoms with Gasteiger partial charge in [0.1, 0.15) is 24.5 Å². The first kappa shape index (κ1) is 71.3. The zero-order valence-corrected chi connectivity index (χ0v) is 56.6. The second kappa shape index (κ2) is 29.2. The quantitative estimate of drug-likeness (QED) is 0.0103. The van der Waals surface area contributed by atoms with Crippen molar-refractivity contribution in [2.45, 2.75) is 122 Å². The predicted molar refractivity (Wildman–Crippen MR) is 357 cm³/mol. The van der Waals surface area contributed by atoms with Gasteiger partial charge in [-0.15, -0.1) is 23.2 Å². The number of aromatic amines is 2. The molecule has 5 aliphatic rings. The summed E-state index contributed by atoms with van der Waals surface area (Å²) in [7, 11) is -1.97. The number of ether oxygens (including phenoxy) is 2. The minimum atomic E-state index is -4.99. The van der Waals surface area contributed by atoms with Crippen LogP contribution in [0.4, 0.5) is 31.4 Å². The number of alkyl halides is 2. The highest BCUT2D eigenvalue weighted by molar-refractivity contribution is 7.46. The Hall–Kier alpha value is -7.98. The maximum absolute atomic E-state index is 14.9. The first-order chi connectivity index (χ1) is 45.0. The fraction of sp³-hybridized carbons (Fsp3) is 0.516. The van der Waals surface area contributed by atoms with Crippen molar-refractivity contribution in [1.29, 1.82) is 0 Å². The van der Waals surface area contributed by atoms with Gasteiger partial charge in [0.2, 0.25) is 29.5 Å². The number of nitrogens with zero attached hydrogens (tertiary/aromatic N) is 4. The number of halogens is 2. The highest BCUT2D eigenvalue weighted by atomic mass is 35.5. The topological polar surface area (TPSA) is 396 Å². The van der Waals surface area contributed by atoms with Crippen LogP contribution in [0.3, 0.4) is 0 Å². The molecule has 3 aromatic carbocycles. The molecule has 2 aliphatic heterocycles. The first-order valence-electron chi connectivity index (χ1n) is 31.5. The van der Waals surface area contributed by atoms with Crippen molar-refractivity contribution in [2.75, 3.05) is 86.8 Å². The van der Waals surface area contributed by atoms with Gasteiger partial charge in [0.15, 0.2) is 11.5 Å². The molecule has 3 saturated carbocycles. The van der Waals surface area contributed by atoms with Crippen LogP contribution in [0.5, 0.6) is 11.5 Å². The van der Waals surface area contributed by atoms with Crippen LogP contribution in [0.15, 0.2) is 48.8 Å². The minimum Gasteiger partial charge on any atom is -0.445 e. The maximum atomic E-state index is 14.9. The van der Waals surface area contributed by atoms with Crippen LogP contribution >= 0.6 is 31.0 Å². The number of aldehydes is 1. The number of benzene rings is 3. The number of likely N-dealkylation sites (N-methyl/N-ethyl adjacent to an activating group) is 2. The average molecular weight is 1380 g/mol. The number of phosphoric acid groups is 1. The summed E-state index contributed by atoms with van der Waals surface area (Å²) in [5, 5.41) is 15.4. The Balaban J connectivity index is 0.788. The molecular weight excluding hydrogens is 1290 g/mol. The van der Waals surface area contributed by atoms with Crippen LogP contribution in [0.25, 0.3) is 21.8 Å². The second-order valence-corrected chi connectivity index (χ2v) is 27.8. The molecular formula is C64H84Cl2N13O15P. The number of rotatable bonds is 30. The molecule has 0 unspecified atom stereocenters. The lowest BCUT2D eigenvalue weighted by Gasteiger charge is -2.69. The molecule has 3 fully saturated rings. The summed E-state index contributed by atoms with van der Waals surface area (Å²) in [6.07, 6.45) is 5.36. The minimum absolute atomic E-state index is 0.0272. The van der Waals surface area contributed by atoms with Gasteiger partial charge in [-0.3, -0.25) is 33.8 Å². The van der Waals surface area contributed by atoms with E-state index in [4.69, 9.17) is 48.7 Å². The number of nitrogens with one attached hydrogen (secondary N) is 7. The molecule has 4 heterocycles. The Morgan fingerprint density at radius 1 is 0.821 bits per heavy atom. The molecule has 10 rings (SSSR count). The summed E-state index contributed by atoms with van der Waals surface area (Å²) in [6, 6.07) is 6.88. The Kier molecular flexibility index (Phi) is 21.9. The third-order valence-corrected chi connectivity index (χ3v) is 19.8.